The second-order valence-electron chi connectivity index (χ2n) is 8.83. The fraction of sp³-hybridized carbons (Fsp3) is 0.292. The van der Waals surface area contributed by atoms with Crippen LogP contribution in [0.3, 0.4) is 0 Å². The molecule has 0 fully saturated rings. The minimum atomic E-state index is -1.36. The minimum absolute atomic E-state index is 0.0488. The first kappa shape index (κ1) is 16.9. The predicted octanol–water partition coefficient (Wildman–Crippen LogP) is 3.56. The maximum absolute atomic E-state index is 13.6. The number of fused-ring (bicyclic) bond motifs is 9. The van der Waals surface area contributed by atoms with Gasteiger partial charge in [-0.25, -0.2) is 0 Å². The molecule has 5 heteroatoms. The average Bonchev–Trinajstić information content (AvgIpc) is 3.25. The van der Waals surface area contributed by atoms with Crippen LogP contribution in [0.2, 0.25) is 0 Å². The Hall–Kier alpha value is -3.05. The molecule has 146 valence electrons. The molecule has 1 amide bonds. The van der Waals surface area contributed by atoms with Crippen LogP contribution in [0.15, 0.2) is 54.1 Å². The Kier molecular flexibility index (Phi) is 2.86. The average molecular weight is 385 g/mol. The largest absolute Gasteiger partial charge is 0.367 e. The van der Waals surface area contributed by atoms with E-state index in [4.69, 9.17) is 0 Å². The van der Waals surface area contributed by atoms with Crippen molar-refractivity contribution in [3.63, 3.8) is 0 Å². The predicted molar refractivity (Wildman–Crippen MR) is 114 cm³/mol. The second-order valence-corrected chi connectivity index (χ2v) is 8.83. The van der Waals surface area contributed by atoms with Crippen molar-refractivity contribution >= 4 is 28.1 Å². The second kappa shape index (κ2) is 4.92. The van der Waals surface area contributed by atoms with Crippen LogP contribution >= 0.6 is 0 Å². The first-order valence-electron chi connectivity index (χ1n) is 9.98. The molecule has 2 N–H and O–H groups in total. The lowest BCUT2D eigenvalue weighted by molar-refractivity contribution is -0.136. The number of nitrogens with one attached hydrogen (secondary N) is 1. The number of H-pyrrole nitrogens is 1. The molecule has 2 aliphatic heterocycles. The number of carbonyl (C=O) groups is 1. The van der Waals surface area contributed by atoms with Gasteiger partial charge in [0.2, 0.25) is 0 Å². The number of likely N-dealkylation sites (N-methyl/N-ethyl adjacent to an activating group) is 2. The summed E-state index contributed by atoms with van der Waals surface area (Å²) in [5, 5.41) is 12.6. The first-order chi connectivity index (χ1) is 13.8. The van der Waals surface area contributed by atoms with Crippen LogP contribution in [0.25, 0.3) is 16.5 Å². The summed E-state index contributed by atoms with van der Waals surface area (Å²) in [6.07, 6.45) is 0. The number of aromatic nitrogens is 1. The third-order valence-corrected chi connectivity index (χ3v) is 7.45. The lowest BCUT2D eigenvalue weighted by Gasteiger charge is -2.40. The molecule has 3 aliphatic rings. The van der Waals surface area contributed by atoms with Crippen molar-refractivity contribution in [2.24, 2.45) is 0 Å². The Morgan fingerprint density at radius 1 is 1.00 bits per heavy atom. The fourth-order valence-electron chi connectivity index (χ4n) is 6.01. The molecule has 5 nitrogen and oxygen atoms in total. The number of carbonyl (C=O) groups excluding carboxylic acids is 1. The molecule has 1 aromatic heterocycles. The van der Waals surface area contributed by atoms with Crippen LogP contribution in [-0.4, -0.2) is 40.7 Å². The van der Waals surface area contributed by atoms with Gasteiger partial charge in [-0.2, -0.15) is 0 Å². The number of aromatic amines is 1. The van der Waals surface area contributed by atoms with Crippen molar-refractivity contribution in [3.8, 4) is 0 Å². The molecule has 0 unspecified atom stereocenters. The topological polar surface area (TPSA) is 59.6 Å². The van der Waals surface area contributed by atoms with Gasteiger partial charge in [-0.3, -0.25) is 4.79 Å². The molecule has 3 heterocycles. The fourth-order valence-corrected chi connectivity index (χ4v) is 6.01. The summed E-state index contributed by atoms with van der Waals surface area (Å²) in [5.74, 6) is -0.0986. The molecule has 0 saturated carbocycles. The Balaban J connectivity index is 1.82. The molecule has 0 bridgehead atoms. The van der Waals surface area contributed by atoms with E-state index in [9.17, 15) is 9.90 Å². The molecule has 6 rings (SSSR count). The molecule has 1 aliphatic carbocycles. The van der Waals surface area contributed by atoms with E-state index in [-0.39, 0.29) is 11.9 Å². The monoisotopic (exact) mass is 385 g/mol. The van der Waals surface area contributed by atoms with E-state index in [0.29, 0.717) is 5.57 Å². The van der Waals surface area contributed by atoms with E-state index < -0.39 is 11.1 Å². The molecular weight excluding hydrogens is 362 g/mol. The highest BCUT2D eigenvalue weighted by Gasteiger charge is 2.62. The van der Waals surface area contributed by atoms with Crippen molar-refractivity contribution in [3.05, 3.63) is 70.9 Å². The van der Waals surface area contributed by atoms with Gasteiger partial charge in [0.1, 0.15) is 0 Å². The number of hydrogen-bond donors (Lipinski definition) is 2. The summed E-state index contributed by atoms with van der Waals surface area (Å²) in [6, 6.07) is 16.4. The zero-order valence-electron chi connectivity index (χ0n) is 16.9. The summed E-state index contributed by atoms with van der Waals surface area (Å²) >= 11 is 0. The maximum Gasteiger partial charge on any atom is 0.253 e. The Bertz CT molecular complexity index is 1270. The van der Waals surface area contributed by atoms with E-state index in [1.807, 2.05) is 24.3 Å². The molecule has 0 spiro atoms. The molecule has 0 radical (unpaired) electrons. The van der Waals surface area contributed by atoms with Gasteiger partial charge in [-0.05, 0) is 31.5 Å². The number of nitrogens with zero attached hydrogens (tertiary/aromatic N) is 2. The Labute approximate surface area is 169 Å². The van der Waals surface area contributed by atoms with Crippen LogP contribution in [0, 0.1) is 0 Å². The van der Waals surface area contributed by atoms with Crippen molar-refractivity contribution < 1.29 is 9.90 Å². The Morgan fingerprint density at radius 2 is 1.69 bits per heavy atom. The quantitative estimate of drug-likeness (QED) is 0.622. The van der Waals surface area contributed by atoms with Crippen LogP contribution < -0.4 is 4.90 Å². The van der Waals surface area contributed by atoms with E-state index in [1.165, 1.54) is 4.90 Å². The van der Waals surface area contributed by atoms with Crippen LogP contribution in [0.1, 0.15) is 36.7 Å². The lowest BCUT2D eigenvalue weighted by atomic mass is 9.64. The van der Waals surface area contributed by atoms with Gasteiger partial charge in [0.15, 0.2) is 5.72 Å². The third kappa shape index (κ3) is 1.66. The van der Waals surface area contributed by atoms with Crippen molar-refractivity contribution in [1.29, 1.82) is 0 Å². The molecule has 3 aromatic rings. The summed E-state index contributed by atoms with van der Waals surface area (Å²) < 4.78 is 0. The zero-order chi connectivity index (χ0) is 20.3. The van der Waals surface area contributed by atoms with Gasteiger partial charge >= 0.3 is 0 Å². The third-order valence-electron chi connectivity index (χ3n) is 7.45. The molecular formula is C24H23N3O2. The van der Waals surface area contributed by atoms with Crippen LogP contribution in [0.4, 0.5) is 5.69 Å². The highest BCUT2D eigenvalue weighted by molar-refractivity contribution is 6.15. The summed E-state index contributed by atoms with van der Waals surface area (Å²) in [7, 11) is 3.79. The van der Waals surface area contributed by atoms with Crippen LogP contribution in [0.5, 0.6) is 0 Å². The number of para-hydroxylation sites is 2. The van der Waals surface area contributed by atoms with Crippen molar-refractivity contribution in [2.75, 3.05) is 19.0 Å². The summed E-state index contributed by atoms with van der Waals surface area (Å²) in [5.41, 5.74) is 4.84. The van der Waals surface area contributed by atoms with Gasteiger partial charge in [0, 0.05) is 53.1 Å². The number of rotatable bonds is 0. The van der Waals surface area contributed by atoms with Gasteiger partial charge in [0.05, 0.1) is 11.5 Å². The standard InChI is InChI=1S/C24H23N3O2/c1-23-14-10-6-8-12-16(14)26(3)21(23)20-17(13-9-5-7-11-15(13)25-20)18-19(23)22(28)27(4)24(18,2)29/h5-12,21,25,29H,1-4H3/t21-,23-,24+/m1/s1. The molecule has 2 aromatic carbocycles. The van der Waals surface area contributed by atoms with Crippen molar-refractivity contribution in [2.45, 2.75) is 31.0 Å². The molecule has 3 atom stereocenters. The number of aliphatic hydroxyl groups is 1. The smallest absolute Gasteiger partial charge is 0.253 e. The normalized spacial score (nSPS) is 30.0. The Morgan fingerprint density at radius 3 is 2.48 bits per heavy atom. The van der Waals surface area contributed by atoms with Gasteiger partial charge < -0.3 is 19.9 Å². The molecule has 0 saturated heterocycles. The number of hydrogen-bond acceptors (Lipinski definition) is 3. The minimum Gasteiger partial charge on any atom is -0.367 e. The first-order valence-corrected chi connectivity index (χ1v) is 9.98. The van der Waals surface area contributed by atoms with E-state index in [1.54, 1.807) is 14.0 Å². The summed E-state index contributed by atoms with van der Waals surface area (Å²) in [6.45, 7) is 3.88. The highest BCUT2D eigenvalue weighted by atomic mass is 16.3. The maximum atomic E-state index is 13.6. The zero-order valence-corrected chi connectivity index (χ0v) is 16.9. The van der Waals surface area contributed by atoms with Crippen LogP contribution in [-0.2, 0) is 10.2 Å². The van der Waals surface area contributed by atoms with Gasteiger partial charge in [-0.1, -0.05) is 36.4 Å². The highest BCUT2D eigenvalue weighted by Crippen LogP contribution is 2.64. The van der Waals surface area contributed by atoms with E-state index in [0.717, 1.165) is 39.0 Å². The number of amides is 1. The number of benzene rings is 2. The SMILES string of the molecule is CN1c2ccccc2[C@]2(C)C3=C(c4c([nH]c5ccccc45)[C@@H]12)[C@](C)(O)N(C)C3=O. The van der Waals surface area contributed by atoms with E-state index >= 15 is 0 Å². The summed E-state index contributed by atoms with van der Waals surface area (Å²) in [4.78, 5) is 21.0. The van der Waals surface area contributed by atoms with Gasteiger partial charge in [-0.15, -0.1) is 0 Å². The number of anilines is 1. The van der Waals surface area contributed by atoms with Gasteiger partial charge in [0.25, 0.3) is 5.91 Å². The van der Waals surface area contributed by atoms with E-state index in [2.05, 4.69) is 48.1 Å². The lowest BCUT2D eigenvalue weighted by Crippen LogP contribution is -2.42. The van der Waals surface area contributed by atoms with Crippen molar-refractivity contribution in [1.82, 2.24) is 9.88 Å². The molecule has 29 heavy (non-hydrogen) atoms.